The smallest absolute Gasteiger partial charge is 0.152 e. The summed E-state index contributed by atoms with van der Waals surface area (Å²) in [7, 11) is 0. The number of para-hydroxylation sites is 5. The second-order valence-corrected chi connectivity index (χ2v) is 35.8. The number of anilines is 9. The molecule has 6 heterocycles. The lowest BCUT2D eigenvalue weighted by atomic mass is 9.82. The fourth-order valence-corrected chi connectivity index (χ4v) is 21.8. The number of benzene rings is 17. The molecule has 26 rings (SSSR count). The van der Waals surface area contributed by atoms with Crippen LogP contribution in [0.1, 0.15) is 74.9 Å². The van der Waals surface area contributed by atoms with Gasteiger partial charge >= 0.3 is 0 Å². The van der Waals surface area contributed by atoms with Crippen molar-refractivity contribution in [1.29, 1.82) is 0 Å². The summed E-state index contributed by atoms with van der Waals surface area (Å²) in [6.45, 7) is 13.9. The maximum atomic E-state index is 6.72. The molecule has 0 saturated carbocycles. The Morgan fingerprint density at radius 2 is 0.608 bits per heavy atom. The number of furan rings is 1. The van der Waals surface area contributed by atoms with Gasteiger partial charge in [0.1, 0.15) is 11.2 Å². The Hall–Kier alpha value is -15.3. The molecule has 0 bridgehead atoms. The summed E-state index contributed by atoms with van der Waals surface area (Å²) in [4.78, 5) is 12.2. The Kier molecular flexibility index (Phi) is 16.7. The predicted molar refractivity (Wildman–Crippen MR) is 516 cm³/mol. The Morgan fingerprint density at radius 3 is 1.10 bits per heavy atom. The van der Waals surface area contributed by atoms with Gasteiger partial charge in [0.2, 0.25) is 0 Å². The largest absolute Gasteiger partial charge is 0.455 e. The van der Waals surface area contributed by atoms with Gasteiger partial charge in [-0.1, -0.05) is 308 Å². The normalized spacial score (nSPS) is 14.2. The minimum absolute atomic E-state index is 0.0950. The van der Waals surface area contributed by atoms with Crippen LogP contribution in [0.25, 0.3) is 120 Å². The lowest BCUT2D eigenvalue weighted by Gasteiger charge is -2.35. The molecule has 0 spiro atoms. The fourth-order valence-electron chi connectivity index (χ4n) is 20.6. The van der Waals surface area contributed by atoms with Crippen LogP contribution in [0.15, 0.2) is 393 Å². The third-order valence-corrected chi connectivity index (χ3v) is 27.8. The highest BCUT2D eigenvalue weighted by Crippen LogP contribution is 2.65. The van der Waals surface area contributed by atoms with Crippen LogP contribution < -0.4 is 28.9 Å². The number of hydrogen-bond donors (Lipinski definition) is 0. The molecule has 3 aliphatic heterocycles. The molecule has 0 atom stereocenters. The van der Waals surface area contributed by atoms with Crippen molar-refractivity contribution in [2.75, 3.05) is 14.7 Å². The zero-order chi connectivity index (χ0) is 83.6. The summed E-state index contributed by atoms with van der Waals surface area (Å²) in [5.74, 6) is 5.14. The number of hydrogen-bond acceptors (Lipinski definition) is 9. The van der Waals surface area contributed by atoms with E-state index < -0.39 is 0 Å². The maximum Gasteiger partial charge on any atom is 0.152 e. The SMILES string of the molecule is CC1(C)c2ccccc2-c2c1ccc1c2N(c2ccccc2)c2cc(-c3cccc(-c4ccccc4)n3)ccc2O1.CC1(C)c2ccccc2-c2c1ccc1c2N(c2ccccc2)c2cc(-c3cccc4c3oc3ccccc34)ccc2O1.CC1(C)c2ccccc2-c2c1ccc1c2N(c2ccccc2)c2cc(-c3cccc4c3sc3ccccc34)ccc2O1. The van der Waals surface area contributed by atoms with Gasteiger partial charge in [-0.15, -0.1) is 11.3 Å². The van der Waals surface area contributed by atoms with Crippen molar-refractivity contribution >= 4 is 105 Å². The van der Waals surface area contributed by atoms with Crippen molar-refractivity contribution in [2.24, 2.45) is 0 Å². The number of rotatable bonds is 7. The van der Waals surface area contributed by atoms with Crippen molar-refractivity contribution in [3.05, 3.63) is 422 Å². The van der Waals surface area contributed by atoms with E-state index >= 15 is 0 Å². The van der Waals surface area contributed by atoms with Gasteiger partial charge in [0.15, 0.2) is 34.5 Å². The molecular weight excluding hydrogens is 1550 g/mol. The first-order valence-corrected chi connectivity index (χ1v) is 43.8. The van der Waals surface area contributed by atoms with Gasteiger partial charge in [0, 0.05) is 97.6 Å². The van der Waals surface area contributed by atoms with E-state index in [-0.39, 0.29) is 16.2 Å². The molecule has 0 amide bonds. The molecule has 0 N–H and O–H groups in total. The molecule has 0 unspecified atom stereocenters. The predicted octanol–water partition coefficient (Wildman–Crippen LogP) is 33.0. The molecule has 3 aliphatic carbocycles. The van der Waals surface area contributed by atoms with Crippen LogP contribution in [-0.4, -0.2) is 4.98 Å². The van der Waals surface area contributed by atoms with Crippen molar-refractivity contribution in [3.8, 4) is 113 Å². The first-order chi connectivity index (χ1) is 61.3. The van der Waals surface area contributed by atoms with Crippen LogP contribution in [0.5, 0.6) is 34.5 Å². The first kappa shape index (κ1) is 73.6. The van der Waals surface area contributed by atoms with E-state index in [0.717, 1.165) is 141 Å². The van der Waals surface area contributed by atoms with Gasteiger partial charge in [-0.2, -0.15) is 0 Å². The Bertz CT molecular complexity index is 7500. The zero-order valence-electron chi connectivity index (χ0n) is 69.8. The number of pyridine rings is 1. The van der Waals surface area contributed by atoms with E-state index in [9.17, 15) is 0 Å². The highest BCUT2D eigenvalue weighted by molar-refractivity contribution is 7.26. The molecule has 0 saturated heterocycles. The van der Waals surface area contributed by atoms with Gasteiger partial charge in [0.25, 0.3) is 0 Å². The zero-order valence-corrected chi connectivity index (χ0v) is 70.6. The molecule has 8 nitrogen and oxygen atoms in total. The minimum Gasteiger partial charge on any atom is -0.455 e. The quantitative estimate of drug-likeness (QED) is 0.156. The standard InChI is InChI=1S/C39H27NO2.C39H27NOS.C38H28N2O/c1-39(2)30-17-8-6-14-29(30)36-31(39)20-22-35-37(36)40(25-11-4-3-5-12-25)32-23-24(19-21-34(32)41-35)26-15-10-16-28-27-13-7-9-18-33(27)42-38(26)28;1-39(2)30-17-8-6-14-29(30)36-31(39)20-22-34-37(36)40(25-11-4-3-5-12-25)32-23-24(19-21-33(32)41-34)26-15-10-16-28-27-13-7-9-18-35(27)42-38(26)28;1-38(2)29-17-10-9-16-28(29)36-30(38)21-23-35-37(36)40(27-14-7-4-8-15-27)33-24-26(20-22-34(33)41-35)32-19-11-18-31(39-32)25-12-5-3-6-13-25/h2*3-23H,1-2H3;3-24H,1-2H3. The summed E-state index contributed by atoms with van der Waals surface area (Å²) in [5, 5.41) is 4.88. The topological polar surface area (TPSA) is 63.4 Å². The average molecular weight is 1630 g/mol. The van der Waals surface area contributed by atoms with Crippen LogP contribution in [-0.2, 0) is 16.2 Å². The monoisotopic (exact) mass is 1630 g/mol. The van der Waals surface area contributed by atoms with Crippen molar-refractivity contribution in [1.82, 2.24) is 4.98 Å². The number of ether oxygens (including phenoxy) is 3. The van der Waals surface area contributed by atoms with E-state index in [2.05, 4.69) is 414 Å². The Labute approximate surface area is 730 Å². The Balaban J connectivity index is 0.000000105. The van der Waals surface area contributed by atoms with Crippen molar-refractivity contribution in [2.45, 2.75) is 57.8 Å². The van der Waals surface area contributed by atoms with Gasteiger partial charge in [-0.05, 0) is 188 Å². The number of fused-ring (bicyclic) bond motifs is 24. The molecule has 20 aromatic rings. The molecule has 596 valence electrons. The number of thiophene rings is 1. The third kappa shape index (κ3) is 11.5. The lowest BCUT2D eigenvalue weighted by molar-refractivity contribution is 0.476. The van der Waals surface area contributed by atoms with Gasteiger partial charge in [-0.25, -0.2) is 4.98 Å². The van der Waals surface area contributed by atoms with Crippen molar-refractivity contribution < 1.29 is 18.6 Å². The molecule has 6 aliphatic rings. The third-order valence-electron chi connectivity index (χ3n) is 26.6. The minimum atomic E-state index is -0.109. The van der Waals surface area contributed by atoms with Crippen molar-refractivity contribution in [3.63, 3.8) is 0 Å². The molecular formula is C116H82N4O4S. The van der Waals surface area contributed by atoms with Gasteiger partial charge in [-0.3, -0.25) is 0 Å². The van der Waals surface area contributed by atoms with Crippen LogP contribution in [0.3, 0.4) is 0 Å². The molecule has 0 fully saturated rings. The highest BCUT2D eigenvalue weighted by Gasteiger charge is 2.45. The van der Waals surface area contributed by atoms with E-state index in [4.69, 9.17) is 23.6 Å². The molecule has 9 heteroatoms. The van der Waals surface area contributed by atoms with Gasteiger partial charge < -0.3 is 33.3 Å². The maximum absolute atomic E-state index is 6.72. The summed E-state index contributed by atoms with van der Waals surface area (Å²) >= 11 is 1.87. The molecule has 125 heavy (non-hydrogen) atoms. The number of nitrogens with zero attached hydrogens (tertiary/aromatic N) is 4. The van der Waals surface area contributed by atoms with E-state index in [1.165, 1.54) is 98.1 Å². The lowest BCUT2D eigenvalue weighted by Crippen LogP contribution is -2.19. The summed E-state index contributed by atoms with van der Waals surface area (Å²) in [6, 6.07) is 138. The van der Waals surface area contributed by atoms with Crippen LogP contribution in [0, 0.1) is 0 Å². The fraction of sp³-hybridized carbons (Fsp3) is 0.0776. The molecule has 17 aromatic carbocycles. The van der Waals surface area contributed by atoms with Crippen LogP contribution in [0.4, 0.5) is 51.2 Å². The van der Waals surface area contributed by atoms with Crippen LogP contribution in [0.2, 0.25) is 0 Å². The second kappa shape index (κ2) is 28.4. The Morgan fingerprint density at radius 1 is 0.256 bits per heavy atom. The second-order valence-electron chi connectivity index (χ2n) is 34.7. The van der Waals surface area contributed by atoms with E-state index in [0.29, 0.717) is 0 Å². The average Bonchev–Trinajstić information content (AvgIpc) is 1.58. The first-order valence-electron chi connectivity index (χ1n) is 43.0. The van der Waals surface area contributed by atoms with E-state index in [1.807, 2.05) is 41.7 Å². The van der Waals surface area contributed by atoms with E-state index in [1.54, 1.807) is 0 Å². The summed E-state index contributed by atoms with van der Waals surface area (Å²) < 4.78 is 29.1. The highest BCUT2D eigenvalue weighted by atomic mass is 32.1. The molecule has 3 aromatic heterocycles. The van der Waals surface area contributed by atoms with Crippen LogP contribution >= 0.6 is 11.3 Å². The summed E-state index contributed by atoms with van der Waals surface area (Å²) in [6.07, 6.45) is 0. The number of aromatic nitrogens is 1. The summed E-state index contributed by atoms with van der Waals surface area (Å²) in [5.41, 5.74) is 35.4. The molecule has 0 radical (unpaired) electrons. The van der Waals surface area contributed by atoms with Gasteiger partial charge in [0.05, 0.1) is 45.5 Å².